The summed E-state index contributed by atoms with van der Waals surface area (Å²) in [5.41, 5.74) is 2.05. The highest BCUT2D eigenvalue weighted by Crippen LogP contribution is 2.21. The normalized spacial score (nSPS) is 11.7. The monoisotopic (exact) mass is 295 g/mol. The van der Waals surface area contributed by atoms with Crippen molar-refractivity contribution in [2.45, 2.75) is 27.0 Å². The Morgan fingerprint density at radius 3 is 2.70 bits per heavy atom. The van der Waals surface area contributed by atoms with E-state index >= 15 is 0 Å². The lowest BCUT2D eigenvalue weighted by Crippen LogP contribution is -2.27. The minimum atomic E-state index is 0.518. The summed E-state index contributed by atoms with van der Waals surface area (Å²) in [6, 6.07) is 5.85. The number of methoxy groups -OCH3 is 1. The van der Waals surface area contributed by atoms with Crippen LogP contribution in [0.1, 0.15) is 19.7 Å². The second kappa shape index (κ2) is 7.07. The van der Waals surface area contributed by atoms with E-state index < -0.39 is 0 Å². The molecule has 20 heavy (non-hydrogen) atoms. The first kappa shape index (κ1) is 15.3. The van der Waals surface area contributed by atoms with Crippen molar-refractivity contribution in [1.29, 1.82) is 0 Å². The number of hydrogen-bond donors (Lipinski definition) is 0. The summed E-state index contributed by atoms with van der Waals surface area (Å²) < 4.78 is 7.49. The fourth-order valence-electron chi connectivity index (χ4n) is 2.42. The van der Waals surface area contributed by atoms with E-state index in [-0.39, 0.29) is 0 Å². The van der Waals surface area contributed by atoms with Crippen molar-refractivity contribution in [2.75, 3.05) is 26.7 Å². The molecule has 2 aromatic rings. The smallest absolute Gasteiger partial charge is 0.136 e. The number of halogens is 1. The minimum Gasteiger partial charge on any atom is -0.377 e. The molecule has 0 amide bonds. The maximum absolute atomic E-state index is 6.04. The Kier molecular flexibility index (Phi) is 5.40. The topological polar surface area (TPSA) is 30.3 Å². The Bertz CT molecular complexity index is 563. The maximum Gasteiger partial charge on any atom is 0.136 e. The van der Waals surface area contributed by atoms with Crippen molar-refractivity contribution in [3.63, 3.8) is 0 Å². The van der Waals surface area contributed by atoms with E-state index in [0.717, 1.165) is 48.1 Å². The molecular formula is C15H22ClN3O. The van der Waals surface area contributed by atoms with Crippen LogP contribution in [-0.2, 0) is 17.9 Å². The molecule has 0 bridgehead atoms. The third kappa shape index (κ3) is 3.32. The lowest BCUT2D eigenvalue weighted by atomic mass is 10.3. The number of imidazole rings is 1. The number of rotatable bonds is 7. The van der Waals surface area contributed by atoms with E-state index in [2.05, 4.69) is 28.3 Å². The van der Waals surface area contributed by atoms with Gasteiger partial charge in [0.1, 0.15) is 12.4 Å². The fourth-order valence-corrected chi connectivity index (χ4v) is 2.59. The summed E-state index contributed by atoms with van der Waals surface area (Å²) >= 11 is 6.04. The Morgan fingerprint density at radius 1 is 1.30 bits per heavy atom. The molecule has 110 valence electrons. The first-order chi connectivity index (χ1) is 9.69. The van der Waals surface area contributed by atoms with E-state index in [0.29, 0.717) is 6.61 Å². The van der Waals surface area contributed by atoms with Gasteiger partial charge in [-0.1, -0.05) is 25.4 Å². The first-order valence-corrected chi connectivity index (χ1v) is 7.43. The molecule has 0 aliphatic carbocycles. The third-order valence-corrected chi connectivity index (χ3v) is 3.83. The fraction of sp³-hybridized carbons (Fsp3) is 0.533. The van der Waals surface area contributed by atoms with Gasteiger partial charge in [-0.15, -0.1) is 0 Å². The highest BCUT2D eigenvalue weighted by molar-refractivity contribution is 6.31. The molecule has 2 rings (SSSR count). The third-order valence-electron chi connectivity index (χ3n) is 3.60. The second-order valence-electron chi connectivity index (χ2n) is 4.77. The number of benzene rings is 1. The predicted octanol–water partition coefficient (Wildman–Crippen LogP) is 3.18. The van der Waals surface area contributed by atoms with E-state index in [9.17, 15) is 0 Å². The molecule has 0 atom stereocenters. The average molecular weight is 296 g/mol. The predicted molar refractivity (Wildman–Crippen MR) is 83.2 cm³/mol. The quantitative estimate of drug-likeness (QED) is 0.786. The average Bonchev–Trinajstić information content (AvgIpc) is 2.77. The van der Waals surface area contributed by atoms with E-state index in [4.69, 9.17) is 16.3 Å². The van der Waals surface area contributed by atoms with Crippen molar-refractivity contribution in [3.8, 4) is 0 Å². The van der Waals surface area contributed by atoms with Gasteiger partial charge < -0.3 is 14.2 Å². The first-order valence-electron chi connectivity index (χ1n) is 7.05. The Labute approximate surface area is 125 Å². The molecule has 4 nitrogen and oxygen atoms in total. The number of likely N-dealkylation sites (N-methyl/N-ethyl adjacent to an activating group) is 1. The largest absolute Gasteiger partial charge is 0.377 e. The molecular weight excluding hydrogens is 274 g/mol. The van der Waals surface area contributed by atoms with Crippen molar-refractivity contribution in [3.05, 3.63) is 29.0 Å². The summed E-state index contributed by atoms with van der Waals surface area (Å²) in [5.74, 6) is 0.955. The van der Waals surface area contributed by atoms with Crippen LogP contribution in [0.2, 0.25) is 5.02 Å². The van der Waals surface area contributed by atoms with Gasteiger partial charge in [0, 0.05) is 25.2 Å². The zero-order valence-corrected chi connectivity index (χ0v) is 13.2. The van der Waals surface area contributed by atoms with Crippen LogP contribution in [0, 0.1) is 0 Å². The maximum atomic E-state index is 6.04. The molecule has 0 N–H and O–H groups in total. The van der Waals surface area contributed by atoms with Crippen LogP contribution in [-0.4, -0.2) is 41.2 Å². The summed E-state index contributed by atoms with van der Waals surface area (Å²) in [5, 5.41) is 0.717. The van der Waals surface area contributed by atoms with Gasteiger partial charge in [-0.25, -0.2) is 4.98 Å². The van der Waals surface area contributed by atoms with Gasteiger partial charge in [0.05, 0.1) is 11.0 Å². The van der Waals surface area contributed by atoms with E-state index in [1.165, 1.54) is 0 Å². The van der Waals surface area contributed by atoms with Crippen molar-refractivity contribution in [1.82, 2.24) is 14.5 Å². The molecule has 0 unspecified atom stereocenters. The number of nitrogens with zero attached hydrogens (tertiary/aromatic N) is 3. The standard InChI is InChI=1S/C15H22ClN3O/c1-4-18(5-2)8-9-19-14-7-6-12(16)10-13(14)17-15(19)11-20-3/h6-7,10H,4-5,8-9,11H2,1-3H3. The molecule has 1 heterocycles. The number of ether oxygens (including phenoxy) is 1. The summed E-state index contributed by atoms with van der Waals surface area (Å²) in [7, 11) is 1.70. The summed E-state index contributed by atoms with van der Waals surface area (Å²) in [4.78, 5) is 7.03. The minimum absolute atomic E-state index is 0.518. The Morgan fingerprint density at radius 2 is 2.05 bits per heavy atom. The van der Waals surface area contributed by atoms with Gasteiger partial charge in [0.2, 0.25) is 0 Å². The van der Waals surface area contributed by atoms with Crippen LogP contribution in [0.25, 0.3) is 11.0 Å². The highest BCUT2D eigenvalue weighted by atomic mass is 35.5. The van der Waals surface area contributed by atoms with Crippen LogP contribution in [0.4, 0.5) is 0 Å². The molecule has 1 aromatic heterocycles. The number of hydrogen-bond acceptors (Lipinski definition) is 3. The number of aromatic nitrogens is 2. The molecule has 0 aliphatic rings. The highest BCUT2D eigenvalue weighted by Gasteiger charge is 2.11. The van der Waals surface area contributed by atoms with Gasteiger partial charge >= 0.3 is 0 Å². The Balaban J connectivity index is 2.30. The molecule has 0 spiro atoms. The molecule has 1 aromatic carbocycles. The van der Waals surface area contributed by atoms with Gasteiger partial charge in [-0.2, -0.15) is 0 Å². The zero-order valence-electron chi connectivity index (χ0n) is 12.4. The van der Waals surface area contributed by atoms with Crippen molar-refractivity contribution < 1.29 is 4.74 Å². The van der Waals surface area contributed by atoms with Crippen LogP contribution in [0.3, 0.4) is 0 Å². The van der Waals surface area contributed by atoms with Gasteiger partial charge in [0.15, 0.2) is 0 Å². The van der Waals surface area contributed by atoms with Crippen LogP contribution >= 0.6 is 11.6 Å². The molecule has 0 radical (unpaired) electrons. The lowest BCUT2D eigenvalue weighted by Gasteiger charge is -2.19. The molecule has 5 heteroatoms. The van der Waals surface area contributed by atoms with Crippen LogP contribution in [0.5, 0.6) is 0 Å². The van der Waals surface area contributed by atoms with E-state index in [1.807, 2.05) is 18.2 Å². The molecule has 0 saturated carbocycles. The number of fused-ring (bicyclic) bond motifs is 1. The van der Waals surface area contributed by atoms with Gasteiger partial charge in [-0.05, 0) is 31.3 Å². The second-order valence-corrected chi connectivity index (χ2v) is 5.21. The van der Waals surface area contributed by atoms with E-state index in [1.54, 1.807) is 7.11 Å². The van der Waals surface area contributed by atoms with Crippen LogP contribution < -0.4 is 0 Å². The lowest BCUT2D eigenvalue weighted by molar-refractivity contribution is 0.173. The van der Waals surface area contributed by atoms with Gasteiger partial charge in [0.25, 0.3) is 0 Å². The summed E-state index contributed by atoms with van der Waals surface area (Å²) in [6.07, 6.45) is 0. The van der Waals surface area contributed by atoms with Crippen molar-refractivity contribution in [2.24, 2.45) is 0 Å². The summed E-state index contributed by atoms with van der Waals surface area (Å²) in [6.45, 7) is 8.95. The molecule has 0 saturated heterocycles. The molecule has 0 aliphatic heterocycles. The van der Waals surface area contributed by atoms with Crippen molar-refractivity contribution >= 4 is 22.6 Å². The van der Waals surface area contributed by atoms with Gasteiger partial charge in [-0.3, -0.25) is 0 Å². The zero-order chi connectivity index (χ0) is 14.5. The Hall–Kier alpha value is -1.10. The SMILES string of the molecule is CCN(CC)CCn1c(COC)nc2cc(Cl)ccc21. The molecule has 0 fully saturated rings. The van der Waals surface area contributed by atoms with Crippen LogP contribution in [0.15, 0.2) is 18.2 Å².